The second kappa shape index (κ2) is 7.66. The molecular weight excluding hydrogens is 356 g/mol. The monoisotopic (exact) mass is 384 g/mol. The highest BCUT2D eigenvalue weighted by molar-refractivity contribution is 5.94. The molecule has 7 heteroatoms. The van der Waals surface area contributed by atoms with Gasteiger partial charge in [0.2, 0.25) is 0 Å². The van der Waals surface area contributed by atoms with E-state index in [1.807, 2.05) is 65.1 Å². The van der Waals surface area contributed by atoms with Gasteiger partial charge in [0.15, 0.2) is 5.69 Å². The van der Waals surface area contributed by atoms with Gasteiger partial charge < -0.3 is 15.0 Å². The predicted molar refractivity (Wildman–Crippen MR) is 106 cm³/mol. The Balaban J connectivity index is 1.78. The molecule has 28 heavy (non-hydrogen) atoms. The van der Waals surface area contributed by atoms with E-state index < -0.39 is 5.60 Å². The van der Waals surface area contributed by atoms with E-state index in [4.69, 9.17) is 4.74 Å². The molecule has 0 spiro atoms. The highest BCUT2D eigenvalue weighted by atomic mass is 16.6. The van der Waals surface area contributed by atoms with Crippen LogP contribution in [0.1, 0.15) is 61.0 Å². The number of carbonyl (C=O) groups excluding carboxylic acids is 2. The van der Waals surface area contributed by atoms with Crippen molar-refractivity contribution in [2.75, 3.05) is 6.54 Å². The Morgan fingerprint density at radius 1 is 1.21 bits per heavy atom. The molecule has 0 fully saturated rings. The lowest BCUT2D eigenvalue weighted by molar-refractivity contribution is 0.0221. The van der Waals surface area contributed by atoms with E-state index in [2.05, 4.69) is 10.4 Å². The molecule has 7 nitrogen and oxygen atoms in total. The number of hydrogen-bond acceptors (Lipinski definition) is 4. The molecule has 3 rings (SSSR count). The van der Waals surface area contributed by atoms with Crippen LogP contribution in [-0.2, 0) is 24.8 Å². The van der Waals surface area contributed by atoms with E-state index >= 15 is 0 Å². The van der Waals surface area contributed by atoms with Gasteiger partial charge in [0, 0.05) is 31.3 Å². The molecule has 150 valence electrons. The number of nitrogens with one attached hydrogen (secondary N) is 1. The van der Waals surface area contributed by atoms with Crippen LogP contribution < -0.4 is 5.32 Å². The Bertz CT molecular complexity index is 868. The first-order valence-corrected chi connectivity index (χ1v) is 9.54. The molecule has 0 bridgehead atoms. The molecule has 1 N–H and O–H groups in total. The lowest BCUT2D eigenvalue weighted by Crippen LogP contribution is -2.40. The summed E-state index contributed by atoms with van der Waals surface area (Å²) in [6, 6.07) is 9.64. The highest BCUT2D eigenvalue weighted by Crippen LogP contribution is 2.24. The molecule has 1 unspecified atom stereocenters. The minimum absolute atomic E-state index is 0.142. The van der Waals surface area contributed by atoms with Crippen molar-refractivity contribution in [1.82, 2.24) is 20.0 Å². The topological polar surface area (TPSA) is 76.5 Å². The van der Waals surface area contributed by atoms with Crippen LogP contribution in [0.4, 0.5) is 4.79 Å². The Labute approximate surface area is 165 Å². The molecule has 2 amide bonds. The number of hydrogen-bond donors (Lipinski definition) is 1. The van der Waals surface area contributed by atoms with Crippen molar-refractivity contribution >= 4 is 12.0 Å². The number of ether oxygens (including phenoxy) is 1. The first kappa shape index (κ1) is 19.9. The zero-order valence-electron chi connectivity index (χ0n) is 17.2. The molecule has 1 aliphatic heterocycles. The van der Waals surface area contributed by atoms with E-state index in [1.165, 1.54) is 0 Å². The SMILES string of the molecule is CC(NC(=O)c1nn(C)c2c1CN(C(=O)OC(C)(C)C)CC2)c1ccccc1. The van der Waals surface area contributed by atoms with E-state index in [0.717, 1.165) is 16.8 Å². The maximum absolute atomic E-state index is 12.9. The highest BCUT2D eigenvalue weighted by Gasteiger charge is 2.31. The maximum atomic E-state index is 12.9. The quantitative estimate of drug-likeness (QED) is 0.882. The van der Waals surface area contributed by atoms with Crippen LogP contribution in [0.25, 0.3) is 0 Å². The second-order valence-electron chi connectivity index (χ2n) is 8.16. The van der Waals surface area contributed by atoms with Gasteiger partial charge in [-0.15, -0.1) is 0 Å². The summed E-state index contributed by atoms with van der Waals surface area (Å²) in [4.78, 5) is 27.0. The smallest absolute Gasteiger partial charge is 0.410 e. The molecule has 0 saturated carbocycles. The summed E-state index contributed by atoms with van der Waals surface area (Å²) in [5.41, 5.74) is 2.61. The number of benzene rings is 1. The number of nitrogens with zero attached hydrogens (tertiary/aromatic N) is 3. The maximum Gasteiger partial charge on any atom is 0.410 e. The first-order valence-electron chi connectivity index (χ1n) is 9.54. The standard InChI is InChI=1S/C21H28N4O3/c1-14(15-9-7-6-8-10-15)22-19(26)18-16-13-25(20(27)28-21(2,3)4)12-11-17(16)24(5)23-18/h6-10,14H,11-13H2,1-5H3,(H,22,26). The Kier molecular flexibility index (Phi) is 5.45. The van der Waals surface area contributed by atoms with E-state index in [-0.39, 0.29) is 18.0 Å². The van der Waals surface area contributed by atoms with Crippen LogP contribution in [0.3, 0.4) is 0 Å². The van der Waals surface area contributed by atoms with Gasteiger partial charge in [-0.1, -0.05) is 30.3 Å². The molecule has 1 aliphatic rings. The van der Waals surface area contributed by atoms with Gasteiger partial charge in [0.1, 0.15) is 5.60 Å². The van der Waals surface area contributed by atoms with Crippen molar-refractivity contribution < 1.29 is 14.3 Å². The van der Waals surface area contributed by atoms with Crippen molar-refractivity contribution in [3.63, 3.8) is 0 Å². The van der Waals surface area contributed by atoms with Crippen molar-refractivity contribution in [1.29, 1.82) is 0 Å². The zero-order chi connectivity index (χ0) is 20.5. The lowest BCUT2D eigenvalue weighted by Gasteiger charge is -2.30. The molecule has 0 radical (unpaired) electrons. The van der Waals surface area contributed by atoms with E-state index in [9.17, 15) is 9.59 Å². The minimum atomic E-state index is -0.558. The Hall–Kier alpha value is -2.83. The Morgan fingerprint density at radius 3 is 2.54 bits per heavy atom. The summed E-state index contributed by atoms with van der Waals surface area (Å²) < 4.78 is 7.22. The third-order valence-corrected chi connectivity index (χ3v) is 4.76. The van der Waals surface area contributed by atoms with Crippen LogP contribution in [0.15, 0.2) is 30.3 Å². The molecule has 0 saturated heterocycles. The van der Waals surface area contributed by atoms with Gasteiger partial charge >= 0.3 is 6.09 Å². The molecule has 1 atom stereocenters. The van der Waals surface area contributed by atoms with Crippen molar-refractivity contribution in [3.05, 3.63) is 52.8 Å². The fourth-order valence-electron chi connectivity index (χ4n) is 3.35. The molecule has 2 aromatic rings. The van der Waals surface area contributed by atoms with Gasteiger partial charge in [-0.25, -0.2) is 4.79 Å². The zero-order valence-corrected chi connectivity index (χ0v) is 17.2. The van der Waals surface area contributed by atoms with Crippen LogP contribution in [0, 0.1) is 0 Å². The van der Waals surface area contributed by atoms with Crippen LogP contribution >= 0.6 is 0 Å². The molecule has 1 aromatic carbocycles. The summed E-state index contributed by atoms with van der Waals surface area (Å²) in [6.45, 7) is 8.33. The number of carbonyl (C=O) groups is 2. The predicted octanol–water partition coefficient (Wildman–Crippen LogP) is 3.20. The number of amides is 2. The van der Waals surface area contributed by atoms with E-state index in [1.54, 1.807) is 9.58 Å². The second-order valence-corrected chi connectivity index (χ2v) is 8.16. The largest absolute Gasteiger partial charge is 0.444 e. The molecule has 0 aliphatic carbocycles. The average molecular weight is 384 g/mol. The van der Waals surface area contributed by atoms with Crippen molar-refractivity contribution in [3.8, 4) is 0 Å². The van der Waals surface area contributed by atoms with Crippen molar-refractivity contribution in [2.24, 2.45) is 7.05 Å². The van der Waals surface area contributed by atoms with Crippen LogP contribution in [0.5, 0.6) is 0 Å². The van der Waals surface area contributed by atoms with Gasteiger partial charge in [-0.2, -0.15) is 5.10 Å². The minimum Gasteiger partial charge on any atom is -0.444 e. The average Bonchev–Trinajstić information content (AvgIpc) is 2.97. The van der Waals surface area contributed by atoms with Gasteiger partial charge in [-0.3, -0.25) is 9.48 Å². The third kappa shape index (κ3) is 4.35. The summed E-state index contributed by atoms with van der Waals surface area (Å²) in [5, 5.41) is 7.44. The van der Waals surface area contributed by atoms with Gasteiger partial charge in [0.25, 0.3) is 5.91 Å². The fourth-order valence-corrected chi connectivity index (χ4v) is 3.35. The first-order chi connectivity index (χ1) is 13.2. The lowest BCUT2D eigenvalue weighted by atomic mass is 10.0. The summed E-state index contributed by atoms with van der Waals surface area (Å²) in [5.74, 6) is -0.237. The number of aryl methyl sites for hydroxylation is 1. The van der Waals surface area contributed by atoms with Gasteiger partial charge in [0.05, 0.1) is 12.6 Å². The van der Waals surface area contributed by atoms with Gasteiger partial charge in [-0.05, 0) is 33.3 Å². The molecule has 2 heterocycles. The normalized spacial score (nSPS) is 15.0. The van der Waals surface area contributed by atoms with Crippen LogP contribution in [0.2, 0.25) is 0 Å². The Morgan fingerprint density at radius 2 is 1.89 bits per heavy atom. The van der Waals surface area contributed by atoms with E-state index in [0.29, 0.717) is 25.2 Å². The molecule has 1 aromatic heterocycles. The summed E-state index contributed by atoms with van der Waals surface area (Å²) in [7, 11) is 1.83. The van der Waals surface area contributed by atoms with Crippen LogP contribution in [-0.4, -0.2) is 38.8 Å². The number of fused-ring (bicyclic) bond motifs is 1. The number of rotatable bonds is 3. The fraction of sp³-hybridized carbons (Fsp3) is 0.476. The summed E-state index contributed by atoms with van der Waals surface area (Å²) in [6.07, 6.45) is 0.269. The number of aromatic nitrogens is 2. The van der Waals surface area contributed by atoms with Crippen molar-refractivity contribution in [2.45, 2.75) is 52.3 Å². The third-order valence-electron chi connectivity index (χ3n) is 4.76. The molecular formula is C21H28N4O3. The summed E-state index contributed by atoms with van der Waals surface area (Å²) >= 11 is 0.